The van der Waals surface area contributed by atoms with Crippen molar-refractivity contribution in [2.45, 2.75) is 0 Å². The third kappa shape index (κ3) is 2.11. The number of fused-ring (bicyclic) bond motifs is 2. The Morgan fingerprint density at radius 2 is 1.29 bits per heavy atom. The first-order valence-corrected chi connectivity index (χ1v) is 7.30. The molecule has 2 aliphatic rings. The molecular weight excluding hydrogens is 362 g/mol. The predicted molar refractivity (Wildman–Crippen MR) is 93.0 cm³/mol. The summed E-state index contributed by atoms with van der Waals surface area (Å²) in [5, 5.41) is 27.6. The van der Waals surface area contributed by atoms with Crippen LogP contribution in [-0.2, 0) is 0 Å². The normalized spacial score (nSPS) is 17.3. The Labute approximate surface area is 157 Å². The molecule has 0 bridgehead atoms. The van der Waals surface area contributed by atoms with Gasteiger partial charge in [-0.3, -0.25) is 0 Å². The molecule has 8 heteroatoms. The van der Waals surface area contributed by atoms with Gasteiger partial charge in [-0.25, -0.2) is 33.8 Å². The first kappa shape index (κ1) is 17.8. The van der Waals surface area contributed by atoms with E-state index < -0.39 is 45.5 Å². The van der Waals surface area contributed by atoms with E-state index in [1.165, 1.54) is 12.1 Å². The topological polar surface area (TPSA) is 84.5 Å². The summed E-state index contributed by atoms with van der Waals surface area (Å²) in [5.41, 5.74) is -2.96. The van der Waals surface area contributed by atoms with E-state index in [0.717, 1.165) is 0 Å². The zero-order chi connectivity index (χ0) is 20.6. The van der Waals surface area contributed by atoms with Crippen LogP contribution in [0.4, 0.5) is 8.78 Å². The molecule has 2 aliphatic carbocycles. The highest BCUT2D eigenvalue weighted by Gasteiger charge is 2.36. The van der Waals surface area contributed by atoms with Crippen molar-refractivity contribution >= 4 is 22.4 Å². The van der Waals surface area contributed by atoms with Gasteiger partial charge in [0.25, 0.3) is 11.4 Å². The Bertz CT molecular complexity index is 1240. The lowest BCUT2D eigenvalue weighted by atomic mass is 9.94. The van der Waals surface area contributed by atoms with Crippen LogP contribution in [0, 0.1) is 53.7 Å². The minimum absolute atomic E-state index is 0.000713. The lowest BCUT2D eigenvalue weighted by Gasteiger charge is -2.09. The predicted octanol–water partition coefficient (Wildman–Crippen LogP) is 4.78. The van der Waals surface area contributed by atoms with Gasteiger partial charge < -0.3 is 0 Å². The van der Waals surface area contributed by atoms with E-state index in [1.54, 1.807) is 18.2 Å². The molecule has 0 heterocycles. The van der Waals surface area contributed by atoms with Crippen LogP contribution in [0.15, 0.2) is 35.2 Å². The molecular formula is C20H2F2N6. The van der Waals surface area contributed by atoms with E-state index in [0.29, 0.717) is 0 Å². The first-order valence-electron chi connectivity index (χ1n) is 7.30. The first-order chi connectivity index (χ1) is 13.5. The maximum Gasteiger partial charge on any atom is 0.272 e. The number of hydrogen-bond donors (Lipinski definition) is 0. The number of hydrogen-bond acceptors (Lipinski definition) is 3. The Kier molecular flexibility index (Phi) is 4.05. The van der Waals surface area contributed by atoms with Crippen molar-refractivity contribution in [1.29, 1.82) is 15.8 Å². The van der Waals surface area contributed by atoms with E-state index in [-0.39, 0.29) is 22.3 Å². The van der Waals surface area contributed by atoms with Gasteiger partial charge in [0.1, 0.15) is 17.7 Å². The fourth-order valence-corrected chi connectivity index (χ4v) is 3.09. The van der Waals surface area contributed by atoms with E-state index in [9.17, 15) is 14.0 Å². The molecule has 0 unspecified atom stereocenters. The summed E-state index contributed by atoms with van der Waals surface area (Å²) in [6.07, 6.45) is 0. The third-order valence-electron chi connectivity index (χ3n) is 4.22. The van der Waals surface area contributed by atoms with Crippen molar-refractivity contribution in [2.75, 3.05) is 0 Å². The standard InChI is InChI=1S/C20H2F2N6/c1-26-14(7-24)16-10-5-11-12(4-9(10)13(6-23)18(16)21)20(28-3)19(22)17(11)15(8-25)27-2/h4-5H/b16-14+,17-15-. The zero-order valence-electron chi connectivity index (χ0n) is 13.6. The molecule has 0 atom stereocenters. The maximum absolute atomic E-state index is 14.7. The summed E-state index contributed by atoms with van der Waals surface area (Å²) in [6, 6.07) is 7.17. The molecule has 0 saturated heterocycles. The Morgan fingerprint density at radius 3 is 1.75 bits per heavy atom. The van der Waals surface area contributed by atoms with Crippen LogP contribution in [0.5, 0.6) is 0 Å². The van der Waals surface area contributed by atoms with Gasteiger partial charge in [-0.05, 0) is 22.8 Å². The largest absolute Gasteiger partial charge is 0.272 e. The van der Waals surface area contributed by atoms with Gasteiger partial charge in [-0.1, -0.05) is 6.07 Å². The molecule has 0 spiro atoms. The molecule has 0 aliphatic heterocycles. The zero-order valence-corrected chi connectivity index (χ0v) is 13.6. The van der Waals surface area contributed by atoms with Gasteiger partial charge in [0.15, 0.2) is 0 Å². The van der Waals surface area contributed by atoms with Gasteiger partial charge >= 0.3 is 0 Å². The van der Waals surface area contributed by atoms with Gasteiger partial charge in [0.05, 0.1) is 37.4 Å². The van der Waals surface area contributed by atoms with Crippen LogP contribution in [-0.4, -0.2) is 0 Å². The maximum atomic E-state index is 14.7. The summed E-state index contributed by atoms with van der Waals surface area (Å²) in [7, 11) is 0. The fraction of sp³-hybridized carbons (Fsp3) is 0. The second-order valence-electron chi connectivity index (χ2n) is 5.41. The van der Waals surface area contributed by atoms with Gasteiger partial charge in [0, 0.05) is 16.7 Å². The molecule has 126 valence electrons. The summed E-state index contributed by atoms with van der Waals surface area (Å²) >= 11 is 0. The van der Waals surface area contributed by atoms with Crippen molar-refractivity contribution in [3.8, 4) is 18.2 Å². The van der Waals surface area contributed by atoms with Crippen LogP contribution in [0.1, 0.15) is 22.3 Å². The van der Waals surface area contributed by atoms with Crippen LogP contribution in [0.2, 0.25) is 0 Å². The molecule has 1 aromatic carbocycles. The van der Waals surface area contributed by atoms with Gasteiger partial charge in [-0.15, -0.1) is 0 Å². The summed E-state index contributed by atoms with van der Waals surface area (Å²) in [4.78, 5) is 9.04. The fourth-order valence-electron chi connectivity index (χ4n) is 3.09. The minimum atomic E-state index is -1.07. The highest BCUT2D eigenvalue weighted by Crippen LogP contribution is 2.51. The molecule has 0 aromatic heterocycles. The number of benzene rings is 1. The lowest BCUT2D eigenvalue weighted by Crippen LogP contribution is -1.93. The Hall–Kier alpha value is -5.02. The van der Waals surface area contributed by atoms with Crippen molar-refractivity contribution in [3.05, 3.63) is 91.7 Å². The van der Waals surface area contributed by atoms with Crippen LogP contribution in [0.25, 0.3) is 37.0 Å². The highest BCUT2D eigenvalue weighted by atomic mass is 19.1. The van der Waals surface area contributed by atoms with E-state index in [2.05, 4.69) is 14.5 Å². The van der Waals surface area contributed by atoms with E-state index >= 15 is 0 Å². The van der Waals surface area contributed by atoms with E-state index in [1.807, 2.05) is 0 Å². The van der Waals surface area contributed by atoms with Gasteiger partial charge in [0.2, 0.25) is 5.70 Å². The van der Waals surface area contributed by atoms with E-state index in [4.69, 9.17) is 30.2 Å². The summed E-state index contributed by atoms with van der Waals surface area (Å²) in [5.74, 6) is -2.14. The smallest absolute Gasteiger partial charge is 0.234 e. The molecule has 0 radical (unpaired) electrons. The molecule has 0 fully saturated rings. The minimum Gasteiger partial charge on any atom is -0.234 e. The molecule has 0 N–H and O–H groups in total. The molecule has 1 aromatic rings. The number of allylic oxidation sites excluding steroid dienone is 7. The third-order valence-corrected chi connectivity index (χ3v) is 4.22. The molecule has 3 rings (SSSR count). The van der Waals surface area contributed by atoms with Crippen molar-refractivity contribution in [3.63, 3.8) is 0 Å². The molecule has 28 heavy (non-hydrogen) atoms. The molecule has 0 amide bonds. The quantitative estimate of drug-likeness (QED) is 0.490. The second-order valence-corrected chi connectivity index (χ2v) is 5.41. The number of nitriles is 3. The lowest BCUT2D eigenvalue weighted by molar-refractivity contribution is 0.680. The molecule has 0 saturated carbocycles. The summed E-state index contributed by atoms with van der Waals surface area (Å²) in [6.45, 7) is 21.3. The second kappa shape index (κ2) is 6.37. The SMILES string of the molecule is [C-]#[N+]C1=C(F)/C(=C(/C#N)[N+]#[C-])c2cc3c(cc21)C(C#N)=C(F)/C3=C(\C#N)[N+]#[C-]. The summed E-state index contributed by atoms with van der Waals surface area (Å²) < 4.78 is 29.5. The van der Waals surface area contributed by atoms with Crippen LogP contribution in [0.3, 0.4) is 0 Å². The van der Waals surface area contributed by atoms with Crippen molar-refractivity contribution in [2.24, 2.45) is 0 Å². The van der Waals surface area contributed by atoms with Crippen molar-refractivity contribution in [1.82, 2.24) is 0 Å². The average molecular weight is 364 g/mol. The monoisotopic (exact) mass is 364 g/mol. The van der Waals surface area contributed by atoms with Crippen LogP contribution < -0.4 is 0 Å². The average Bonchev–Trinajstić information content (AvgIpc) is 3.13. The Morgan fingerprint density at radius 1 is 0.786 bits per heavy atom. The highest BCUT2D eigenvalue weighted by molar-refractivity contribution is 6.09. The van der Waals surface area contributed by atoms with Crippen LogP contribution >= 0.6 is 0 Å². The van der Waals surface area contributed by atoms with Crippen molar-refractivity contribution < 1.29 is 8.78 Å². The number of nitrogens with zero attached hydrogens (tertiary/aromatic N) is 6. The Balaban J connectivity index is 2.53. The molecule has 6 nitrogen and oxygen atoms in total. The van der Waals surface area contributed by atoms with Gasteiger partial charge in [-0.2, -0.15) is 5.26 Å². The number of halogens is 2. The number of rotatable bonds is 0.